The summed E-state index contributed by atoms with van der Waals surface area (Å²) < 4.78 is 27.2. The summed E-state index contributed by atoms with van der Waals surface area (Å²) in [6.45, 7) is 3.56. The summed E-state index contributed by atoms with van der Waals surface area (Å²) in [7, 11) is 0. The summed E-state index contributed by atoms with van der Waals surface area (Å²) >= 11 is 0. The topological polar surface area (TPSA) is 57.2 Å². The lowest BCUT2D eigenvalue weighted by Gasteiger charge is -2.37. The normalized spacial score (nSPS) is 17.9. The second-order valence-electron chi connectivity index (χ2n) is 8.03. The first-order valence-electron chi connectivity index (χ1n) is 10.5. The average Bonchev–Trinajstić information content (AvgIpc) is 2.73. The zero-order valence-corrected chi connectivity index (χ0v) is 16.7. The van der Waals surface area contributed by atoms with E-state index >= 15 is 0 Å². The lowest BCUT2D eigenvalue weighted by molar-refractivity contribution is 0.246. The molecule has 0 radical (unpaired) electrons. The van der Waals surface area contributed by atoms with Gasteiger partial charge in [-0.1, -0.05) is 6.07 Å². The van der Waals surface area contributed by atoms with Crippen molar-refractivity contribution in [2.45, 2.75) is 31.8 Å². The quantitative estimate of drug-likeness (QED) is 0.694. The Morgan fingerprint density at radius 2 is 1.83 bits per heavy atom. The maximum atomic E-state index is 14.0. The molecule has 1 N–H and O–H groups in total. The van der Waals surface area contributed by atoms with E-state index in [1.807, 2.05) is 6.07 Å². The number of anilines is 2. The minimum Gasteiger partial charge on any atom is -0.364 e. The molecule has 156 valence electrons. The fourth-order valence-electron chi connectivity index (χ4n) is 3.97. The smallest absolute Gasteiger partial charge is 0.172 e. The van der Waals surface area contributed by atoms with Gasteiger partial charge in [0.1, 0.15) is 17.2 Å². The number of pyridine rings is 1. The minimum absolute atomic E-state index is 0.454. The van der Waals surface area contributed by atoms with Gasteiger partial charge in [0.15, 0.2) is 11.6 Å². The highest BCUT2D eigenvalue weighted by Crippen LogP contribution is 2.30. The van der Waals surface area contributed by atoms with Gasteiger partial charge in [-0.2, -0.15) is 0 Å². The van der Waals surface area contributed by atoms with Crippen LogP contribution in [-0.4, -0.2) is 52.1 Å². The van der Waals surface area contributed by atoms with Gasteiger partial charge in [0, 0.05) is 56.6 Å². The molecule has 0 atom stereocenters. The number of fused-ring (bicyclic) bond motifs is 1. The second-order valence-corrected chi connectivity index (χ2v) is 8.03. The van der Waals surface area contributed by atoms with Crippen molar-refractivity contribution in [2.75, 3.05) is 36.4 Å². The van der Waals surface area contributed by atoms with Crippen LogP contribution in [0.3, 0.4) is 0 Å². The van der Waals surface area contributed by atoms with E-state index in [1.165, 1.54) is 18.6 Å². The van der Waals surface area contributed by atoms with Crippen molar-refractivity contribution in [3.8, 4) is 0 Å². The number of nitrogens with zero attached hydrogens (tertiary/aromatic N) is 5. The Kier molecular flexibility index (Phi) is 5.16. The van der Waals surface area contributed by atoms with Crippen LogP contribution in [0.25, 0.3) is 11.0 Å². The SMILES string of the molecule is Fc1ccc(CN2CCN(c3nc4ccncc4nc3NC3CCC3)CC2)c(F)c1. The molecule has 0 spiro atoms. The molecule has 3 aromatic rings. The highest BCUT2D eigenvalue weighted by molar-refractivity contribution is 5.79. The Labute approximate surface area is 174 Å². The molecule has 1 aliphatic carbocycles. The van der Waals surface area contributed by atoms with Crippen LogP contribution in [0.5, 0.6) is 0 Å². The van der Waals surface area contributed by atoms with Gasteiger partial charge in [-0.05, 0) is 31.4 Å². The third kappa shape index (κ3) is 3.92. The molecule has 0 bridgehead atoms. The van der Waals surface area contributed by atoms with Crippen LogP contribution in [0.4, 0.5) is 20.4 Å². The Balaban J connectivity index is 1.32. The van der Waals surface area contributed by atoms with Gasteiger partial charge in [-0.15, -0.1) is 0 Å². The molecule has 8 heteroatoms. The fraction of sp³-hybridized carbons (Fsp3) is 0.409. The highest BCUT2D eigenvalue weighted by atomic mass is 19.1. The molecular formula is C22H24F2N6. The van der Waals surface area contributed by atoms with Crippen LogP contribution in [-0.2, 0) is 6.54 Å². The molecule has 5 rings (SSSR count). The summed E-state index contributed by atoms with van der Waals surface area (Å²) in [6.07, 6.45) is 7.03. The summed E-state index contributed by atoms with van der Waals surface area (Å²) in [5.74, 6) is 0.655. The molecule has 2 aromatic heterocycles. The number of aromatic nitrogens is 3. The molecule has 0 amide bonds. The summed E-state index contributed by atoms with van der Waals surface area (Å²) in [4.78, 5) is 18.3. The van der Waals surface area contributed by atoms with Crippen molar-refractivity contribution in [3.05, 3.63) is 53.9 Å². The van der Waals surface area contributed by atoms with Crippen LogP contribution in [0.1, 0.15) is 24.8 Å². The third-order valence-corrected chi connectivity index (χ3v) is 5.98. The van der Waals surface area contributed by atoms with Crippen molar-refractivity contribution < 1.29 is 8.78 Å². The van der Waals surface area contributed by atoms with Gasteiger partial charge in [-0.3, -0.25) is 9.88 Å². The lowest BCUT2D eigenvalue weighted by Crippen LogP contribution is -2.46. The number of benzene rings is 1. The number of hydrogen-bond acceptors (Lipinski definition) is 6. The van der Waals surface area contributed by atoms with Crippen LogP contribution >= 0.6 is 0 Å². The number of rotatable bonds is 5. The van der Waals surface area contributed by atoms with E-state index in [-0.39, 0.29) is 0 Å². The van der Waals surface area contributed by atoms with Crippen molar-refractivity contribution in [1.29, 1.82) is 0 Å². The van der Waals surface area contributed by atoms with Crippen LogP contribution < -0.4 is 10.2 Å². The number of piperazine rings is 1. The van der Waals surface area contributed by atoms with Gasteiger partial charge >= 0.3 is 0 Å². The van der Waals surface area contributed by atoms with Crippen molar-refractivity contribution in [3.63, 3.8) is 0 Å². The Bertz CT molecular complexity index is 1050. The molecule has 6 nitrogen and oxygen atoms in total. The summed E-state index contributed by atoms with van der Waals surface area (Å²) in [6, 6.07) is 6.12. The second kappa shape index (κ2) is 8.10. The molecule has 1 saturated heterocycles. The third-order valence-electron chi connectivity index (χ3n) is 5.98. The lowest BCUT2D eigenvalue weighted by atomic mass is 9.93. The Morgan fingerprint density at radius 3 is 2.57 bits per heavy atom. The van der Waals surface area contributed by atoms with E-state index in [0.29, 0.717) is 18.2 Å². The molecule has 1 aliphatic heterocycles. The highest BCUT2D eigenvalue weighted by Gasteiger charge is 2.25. The first-order valence-corrected chi connectivity index (χ1v) is 10.5. The molecule has 1 saturated carbocycles. The number of halogens is 2. The molecular weight excluding hydrogens is 386 g/mol. The monoisotopic (exact) mass is 410 g/mol. The molecule has 3 heterocycles. The van der Waals surface area contributed by atoms with Crippen molar-refractivity contribution in [1.82, 2.24) is 19.9 Å². The fourth-order valence-corrected chi connectivity index (χ4v) is 3.97. The van der Waals surface area contributed by atoms with E-state index < -0.39 is 11.6 Å². The number of hydrogen-bond donors (Lipinski definition) is 1. The van der Waals surface area contributed by atoms with E-state index in [1.54, 1.807) is 12.4 Å². The molecule has 1 aromatic carbocycles. The predicted molar refractivity (Wildman–Crippen MR) is 112 cm³/mol. The van der Waals surface area contributed by atoms with Crippen molar-refractivity contribution in [2.24, 2.45) is 0 Å². The molecule has 30 heavy (non-hydrogen) atoms. The zero-order valence-electron chi connectivity index (χ0n) is 16.7. The minimum atomic E-state index is -0.544. The maximum Gasteiger partial charge on any atom is 0.172 e. The van der Waals surface area contributed by atoms with Gasteiger partial charge in [0.05, 0.1) is 11.7 Å². The zero-order chi connectivity index (χ0) is 20.5. The van der Waals surface area contributed by atoms with E-state index in [2.05, 4.69) is 20.1 Å². The van der Waals surface area contributed by atoms with Crippen LogP contribution in [0.15, 0.2) is 36.7 Å². The Morgan fingerprint density at radius 1 is 1.00 bits per heavy atom. The van der Waals surface area contributed by atoms with Gasteiger partial charge in [-0.25, -0.2) is 18.7 Å². The van der Waals surface area contributed by atoms with E-state index in [0.717, 1.165) is 67.8 Å². The standard InChI is InChI=1S/C22H24F2N6/c23-16-5-4-15(18(24)12-16)14-29-8-10-30(11-9-29)22-21(26-17-2-1-3-17)27-20-13-25-7-6-19(20)28-22/h4-7,12-13,17H,1-3,8-11,14H2,(H,26,27). The van der Waals surface area contributed by atoms with Gasteiger partial charge < -0.3 is 10.2 Å². The first kappa shape index (κ1) is 19.1. The summed E-state index contributed by atoms with van der Waals surface area (Å²) in [5, 5.41) is 3.56. The average molecular weight is 410 g/mol. The van der Waals surface area contributed by atoms with Crippen LogP contribution in [0, 0.1) is 11.6 Å². The number of nitrogens with one attached hydrogen (secondary N) is 1. The maximum absolute atomic E-state index is 14.0. The molecule has 0 unspecified atom stereocenters. The molecule has 2 fully saturated rings. The predicted octanol–water partition coefficient (Wildman–Crippen LogP) is 3.59. The van der Waals surface area contributed by atoms with Gasteiger partial charge in [0.25, 0.3) is 0 Å². The largest absolute Gasteiger partial charge is 0.364 e. The molecule has 2 aliphatic rings. The van der Waals surface area contributed by atoms with Crippen LogP contribution in [0.2, 0.25) is 0 Å². The van der Waals surface area contributed by atoms with E-state index in [9.17, 15) is 8.78 Å². The Hall–Kier alpha value is -2.87. The van der Waals surface area contributed by atoms with Crippen molar-refractivity contribution >= 4 is 22.7 Å². The first-order chi connectivity index (χ1) is 14.7. The summed E-state index contributed by atoms with van der Waals surface area (Å²) in [5.41, 5.74) is 2.14. The van der Waals surface area contributed by atoms with Gasteiger partial charge in [0.2, 0.25) is 0 Å². The van der Waals surface area contributed by atoms with E-state index in [4.69, 9.17) is 9.97 Å².